The van der Waals surface area contributed by atoms with Gasteiger partial charge < -0.3 is 15.2 Å². The van der Waals surface area contributed by atoms with Crippen LogP contribution in [0.5, 0.6) is 11.5 Å². The van der Waals surface area contributed by atoms with Crippen LogP contribution in [0, 0.1) is 3.57 Å². The molecule has 0 aromatic heterocycles. The normalized spacial score (nSPS) is 10.6. The maximum Gasteiger partial charge on any atom is 0.259 e. The lowest BCUT2D eigenvalue weighted by Crippen LogP contribution is -2.26. The van der Waals surface area contributed by atoms with Crippen molar-refractivity contribution in [1.29, 1.82) is 0 Å². The Morgan fingerprint density at radius 3 is 2.92 bits per heavy atom. The molecule has 0 aliphatic carbocycles. The van der Waals surface area contributed by atoms with Crippen molar-refractivity contribution in [2.24, 2.45) is 5.10 Å². The second-order valence-electron chi connectivity index (χ2n) is 4.67. The standard InChI is InChI=1S/C16H15BrIN3O3/c1-24-14-5-3-2-4-13(14)19-9-15(22)21-20-8-10-6-11(17)7-12(18)16(10)23/h2-8,19,23H,9H2,1H3,(H,21,22)/b20-8-. The van der Waals surface area contributed by atoms with E-state index in [9.17, 15) is 9.90 Å². The molecule has 3 N–H and O–H groups in total. The van der Waals surface area contributed by atoms with Crippen LogP contribution in [-0.2, 0) is 4.79 Å². The molecular weight excluding hydrogens is 489 g/mol. The molecule has 0 aliphatic rings. The van der Waals surface area contributed by atoms with E-state index < -0.39 is 0 Å². The lowest BCUT2D eigenvalue weighted by Gasteiger charge is -2.09. The molecule has 0 unspecified atom stereocenters. The van der Waals surface area contributed by atoms with E-state index in [-0.39, 0.29) is 18.2 Å². The number of ether oxygens (including phenoxy) is 1. The number of anilines is 1. The molecule has 1 amide bonds. The molecule has 0 radical (unpaired) electrons. The average Bonchev–Trinajstić information content (AvgIpc) is 2.57. The smallest absolute Gasteiger partial charge is 0.259 e. The Kier molecular flexibility index (Phi) is 6.85. The van der Waals surface area contributed by atoms with Crippen LogP contribution in [0.1, 0.15) is 5.56 Å². The predicted octanol–water partition coefficient (Wildman–Crippen LogP) is 3.33. The van der Waals surface area contributed by atoms with Crippen molar-refractivity contribution in [3.05, 3.63) is 50.0 Å². The van der Waals surface area contributed by atoms with Crippen LogP contribution in [0.3, 0.4) is 0 Å². The minimum absolute atomic E-state index is 0.0414. The minimum atomic E-state index is -0.318. The van der Waals surface area contributed by atoms with E-state index >= 15 is 0 Å². The number of benzene rings is 2. The second kappa shape index (κ2) is 8.88. The van der Waals surface area contributed by atoms with E-state index in [2.05, 4.69) is 31.8 Å². The van der Waals surface area contributed by atoms with E-state index in [1.165, 1.54) is 6.21 Å². The third kappa shape index (κ3) is 5.10. The molecule has 0 bridgehead atoms. The number of hydrogen-bond acceptors (Lipinski definition) is 5. The number of nitrogens with one attached hydrogen (secondary N) is 2. The highest BCUT2D eigenvalue weighted by molar-refractivity contribution is 14.1. The molecular formula is C16H15BrIN3O3. The fourth-order valence-electron chi connectivity index (χ4n) is 1.86. The van der Waals surface area contributed by atoms with E-state index in [0.717, 1.165) is 10.2 Å². The Labute approximate surface area is 161 Å². The number of amides is 1. The van der Waals surface area contributed by atoms with Gasteiger partial charge in [-0.25, -0.2) is 5.43 Å². The Bertz CT molecular complexity index is 768. The molecule has 0 fully saturated rings. The van der Waals surface area contributed by atoms with Gasteiger partial charge in [0.1, 0.15) is 11.5 Å². The third-order valence-electron chi connectivity index (χ3n) is 3.00. The predicted molar refractivity (Wildman–Crippen MR) is 106 cm³/mol. The molecule has 2 aromatic rings. The van der Waals surface area contributed by atoms with Crippen LogP contribution in [0.25, 0.3) is 0 Å². The highest BCUT2D eigenvalue weighted by Crippen LogP contribution is 2.27. The van der Waals surface area contributed by atoms with E-state index in [4.69, 9.17) is 4.74 Å². The largest absolute Gasteiger partial charge is 0.506 e. The maximum absolute atomic E-state index is 11.8. The highest BCUT2D eigenvalue weighted by Gasteiger charge is 2.06. The van der Waals surface area contributed by atoms with Crippen molar-refractivity contribution in [2.45, 2.75) is 0 Å². The quantitative estimate of drug-likeness (QED) is 0.321. The topological polar surface area (TPSA) is 83.0 Å². The zero-order valence-electron chi connectivity index (χ0n) is 12.7. The summed E-state index contributed by atoms with van der Waals surface area (Å²) in [6.07, 6.45) is 1.39. The molecule has 0 saturated carbocycles. The number of para-hydroxylation sites is 2. The molecule has 0 atom stereocenters. The molecule has 0 heterocycles. The molecule has 8 heteroatoms. The Morgan fingerprint density at radius 1 is 1.42 bits per heavy atom. The summed E-state index contributed by atoms with van der Waals surface area (Å²) >= 11 is 5.36. The molecule has 0 spiro atoms. The fourth-order valence-corrected chi connectivity index (χ4v) is 3.41. The first kappa shape index (κ1) is 18.5. The number of carbonyl (C=O) groups is 1. The van der Waals surface area contributed by atoms with Crippen LogP contribution in [0.15, 0.2) is 46.0 Å². The van der Waals surface area contributed by atoms with Crippen molar-refractivity contribution in [1.82, 2.24) is 5.43 Å². The zero-order chi connectivity index (χ0) is 17.5. The van der Waals surface area contributed by atoms with E-state index in [1.807, 2.05) is 40.8 Å². The van der Waals surface area contributed by atoms with Crippen LogP contribution >= 0.6 is 38.5 Å². The number of hydrogen-bond donors (Lipinski definition) is 3. The van der Waals surface area contributed by atoms with Crippen molar-refractivity contribution in [3.8, 4) is 11.5 Å². The van der Waals surface area contributed by atoms with E-state index in [1.54, 1.807) is 25.3 Å². The van der Waals surface area contributed by atoms with Gasteiger partial charge in [-0.2, -0.15) is 5.10 Å². The Balaban J connectivity index is 1.92. The Morgan fingerprint density at radius 2 is 2.17 bits per heavy atom. The summed E-state index contributed by atoms with van der Waals surface area (Å²) in [5.74, 6) is 0.452. The summed E-state index contributed by atoms with van der Waals surface area (Å²) in [6, 6.07) is 10.8. The summed E-state index contributed by atoms with van der Waals surface area (Å²) in [5.41, 5.74) is 3.63. The van der Waals surface area contributed by atoms with E-state index in [0.29, 0.717) is 14.9 Å². The summed E-state index contributed by atoms with van der Waals surface area (Å²) in [7, 11) is 1.57. The van der Waals surface area contributed by atoms with Gasteiger partial charge in [-0.15, -0.1) is 0 Å². The SMILES string of the molecule is COc1ccccc1NCC(=O)N/N=C\c1cc(Br)cc(I)c1O. The average molecular weight is 504 g/mol. The second-order valence-corrected chi connectivity index (χ2v) is 6.75. The molecule has 2 aromatic carbocycles. The zero-order valence-corrected chi connectivity index (χ0v) is 16.5. The number of halogens is 2. The molecule has 24 heavy (non-hydrogen) atoms. The molecule has 0 saturated heterocycles. The van der Waals surface area contributed by atoms with Crippen LogP contribution in [0.2, 0.25) is 0 Å². The van der Waals surface area contributed by atoms with Gasteiger partial charge in [0.25, 0.3) is 5.91 Å². The summed E-state index contributed by atoms with van der Waals surface area (Å²) < 4.78 is 6.70. The van der Waals surface area contributed by atoms with Crippen LogP contribution < -0.4 is 15.5 Å². The molecule has 0 aliphatic heterocycles. The van der Waals surface area contributed by atoms with Crippen LogP contribution in [-0.4, -0.2) is 30.9 Å². The summed E-state index contributed by atoms with van der Waals surface area (Å²) in [4.78, 5) is 11.8. The number of aromatic hydroxyl groups is 1. The van der Waals surface area contributed by atoms with Gasteiger partial charge in [-0.05, 0) is 46.9 Å². The lowest BCUT2D eigenvalue weighted by atomic mass is 10.2. The first-order valence-corrected chi connectivity index (χ1v) is 8.75. The molecule has 6 nitrogen and oxygen atoms in total. The van der Waals surface area contributed by atoms with Crippen molar-refractivity contribution < 1.29 is 14.6 Å². The Hall–Kier alpha value is -1.81. The number of phenolic OH excluding ortho intramolecular Hbond substituents is 1. The van der Waals surface area contributed by atoms with Gasteiger partial charge in [0.15, 0.2) is 0 Å². The molecule has 2 rings (SSSR count). The maximum atomic E-state index is 11.8. The van der Waals surface area contributed by atoms with Gasteiger partial charge in [0, 0.05) is 10.0 Å². The number of phenols is 1. The van der Waals surface area contributed by atoms with Gasteiger partial charge in [0.05, 0.1) is 29.1 Å². The third-order valence-corrected chi connectivity index (χ3v) is 4.28. The monoisotopic (exact) mass is 503 g/mol. The van der Waals surface area contributed by atoms with Crippen molar-refractivity contribution in [2.75, 3.05) is 19.0 Å². The number of methoxy groups -OCH3 is 1. The van der Waals surface area contributed by atoms with Crippen molar-refractivity contribution in [3.63, 3.8) is 0 Å². The molecule has 126 valence electrons. The fraction of sp³-hybridized carbons (Fsp3) is 0.125. The number of carbonyl (C=O) groups excluding carboxylic acids is 1. The minimum Gasteiger partial charge on any atom is -0.506 e. The summed E-state index contributed by atoms with van der Waals surface area (Å²) in [5, 5.41) is 16.8. The highest BCUT2D eigenvalue weighted by atomic mass is 127. The van der Waals surface area contributed by atoms with Gasteiger partial charge in [0.2, 0.25) is 0 Å². The van der Waals surface area contributed by atoms with Gasteiger partial charge in [-0.1, -0.05) is 28.1 Å². The van der Waals surface area contributed by atoms with Gasteiger partial charge >= 0.3 is 0 Å². The number of nitrogens with zero attached hydrogens (tertiary/aromatic N) is 1. The lowest BCUT2D eigenvalue weighted by molar-refractivity contribution is -0.119. The van der Waals surface area contributed by atoms with Gasteiger partial charge in [-0.3, -0.25) is 4.79 Å². The first-order valence-electron chi connectivity index (χ1n) is 6.88. The summed E-state index contributed by atoms with van der Waals surface area (Å²) in [6.45, 7) is 0.0414. The number of rotatable bonds is 6. The first-order chi connectivity index (χ1) is 11.5. The number of hydrazone groups is 1. The van der Waals surface area contributed by atoms with Crippen LogP contribution in [0.4, 0.5) is 5.69 Å². The van der Waals surface area contributed by atoms with Crippen molar-refractivity contribution >= 4 is 56.3 Å².